The third-order valence-corrected chi connectivity index (χ3v) is 18.9. The lowest BCUT2D eigenvalue weighted by molar-refractivity contribution is -0.161. The predicted molar refractivity (Wildman–Crippen MR) is 372 cm³/mol. The maximum Gasteiger partial charge on any atom is 0.472 e. The van der Waals surface area contributed by atoms with Crippen molar-refractivity contribution >= 4 is 39.5 Å². The number of aliphatic hydroxyl groups excluding tert-OH is 1. The van der Waals surface area contributed by atoms with Gasteiger partial charge in [0.1, 0.15) is 19.3 Å². The number of phosphoric acid groups is 2. The van der Waals surface area contributed by atoms with Gasteiger partial charge in [-0.3, -0.25) is 37.3 Å². The van der Waals surface area contributed by atoms with Gasteiger partial charge in [-0.15, -0.1) is 0 Å². The summed E-state index contributed by atoms with van der Waals surface area (Å²) in [5.41, 5.74) is 0. The van der Waals surface area contributed by atoms with Gasteiger partial charge < -0.3 is 33.8 Å². The van der Waals surface area contributed by atoms with E-state index in [4.69, 9.17) is 37.0 Å². The lowest BCUT2D eigenvalue weighted by atomic mass is 10.0. The van der Waals surface area contributed by atoms with E-state index in [1.165, 1.54) is 205 Å². The zero-order chi connectivity index (χ0) is 67.7. The van der Waals surface area contributed by atoms with E-state index in [2.05, 4.69) is 34.6 Å². The first-order chi connectivity index (χ1) is 44.5. The van der Waals surface area contributed by atoms with Crippen LogP contribution in [-0.2, 0) is 65.4 Å². The molecule has 17 nitrogen and oxygen atoms in total. The summed E-state index contributed by atoms with van der Waals surface area (Å²) < 4.78 is 68.4. The van der Waals surface area contributed by atoms with Gasteiger partial charge in [0.15, 0.2) is 12.2 Å². The molecule has 0 amide bonds. The number of ether oxygens (including phenoxy) is 4. The molecule has 0 aliphatic carbocycles. The standard InChI is InChI=1S/C73H142O17P2/c1-6-9-12-15-18-21-24-26-28-29-31-33-38-43-48-53-58-72(77)89-68(63-84-71(76)57-52-47-42-37-32-30-27-25-22-19-16-13-10-7-2)64-87-91(79,80)85-60-67(74)61-86-92(81,82)88-65-69(62-83-70(75)56-51-46-41-36-23-20-17-14-11-8-3)90-73(78)59-54-49-44-39-34-35-40-45-50-55-66(4)5/h66-69,74H,6-65H2,1-5H3,(H,79,80)(H,81,82)/t67-,68-,69-/m1/s1. The Hall–Kier alpha value is -1.94. The van der Waals surface area contributed by atoms with Crippen LogP contribution in [0.15, 0.2) is 0 Å². The number of carbonyl (C=O) groups excluding carboxylic acids is 4. The minimum Gasteiger partial charge on any atom is -0.462 e. The Morgan fingerprint density at radius 2 is 0.500 bits per heavy atom. The van der Waals surface area contributed by atoms with E-state index in [-0.39, 0.29) is 25.7 Å². The molecule has 0 heterocycles. The Morgan fingerprint density at radius 1 is 0.293 bits per heavy atom. The smallest absolute Gasteiger partial charge is 0.462 e. The Morgan fingerprint density at radius 3 is 0.739 bits per heavy atom. The number of carbonyl (C=O) groups is 4. The van der Waals surface area contributed by atoms with Crippen LogP contribution in [0.4, 0.5) is 0 Å². The number of rotatable bonds is 73. The molecular formula is C73H142O17P2. The molecule has 19 heteroatoms. The summed E-state index contributed by atoms with van der Waals surface area (Å²) in [6, 6.07) is 0. The lowest BCUT2D eigenvalue weighted by Gasteiger charge is -2.21. The van der Waals surface area contributed by atoms with E-state index in [9.17, 15) is 43.2 Å². The van der Waals surface area contributed by atoms with Crippen LogP contribution in [0, 0.1) is 5.92 Å². The highest BCUT2D eigenvalue weighted by Gasteiger charge is 2.30. The van der Waals surface area contributed by atoms with E-state index in [0.717, 1.165) is 95.8 Å². The molecule has 0 aromatic carbocycles. The van der Waals surface area contributed by atoms with E-state index < -0.39 is 97.5 Å². The van der Waals surface area contributed by atoms with Crippen LogP contribution in [-0.4, -0.2) is 96.7 Å². The van der Waals surface area contributed by atoms with Crippen LogP contribution in [0.25, 0.3) is 0 Å². The zero-order valence-electron chi connectivity index (χ0n) is 59.7. The molecule has 0 aromatic heterocycles. The van der Waals surface area contributed by atoms with Crippen molar-refractivity contribution < 1.29 is 80.2 Å². The number of phosphoric ester groups is 2. The van der Waals surface area contributed by atoms with Crippen molar-refractivity contribution in [1.82, 2.24) is 0 Å². The highest BCUT2D eigenvalue weighted by atomic mass is 31.2. The average molecular weight is 1350 g/mol. The Balaban J connectivity index is 5.24. The van der Waals surface area contributed by atoms with Gasteiger partial charge in [-0.2, -0.15) is 0 Å². The largest absolute Gasteiger partial charge is 0.472 e. The van der Waals surface area contributed by atoms with E-state index >= 15 is 0 Å². The van der Waals surface area contributed by atoms with Crippen molar-refractivity contribution in [3.8, 4) is 0 Å². The summed E-state index contributed by atoms with van der Waals surface area (Å²) in [5, 5.41) is 10.6. The predicted octanol–water partition coefficient (Wildman–Crippen LogP) is 21.3. The highest BCUT2D eigenvalue weighted by Crippen LogP contribution is 2.45. The van der Waals surface area contributed by atoms with Crippen molar-refractivity contribution in [2.75, 3.05) is 39.6 Å². The molecule has 546 valence electrons. The maximum atomic E-state index is 13.1. The molecule has 0 rings (SSSR count). The molecule has 0 radical (unpaired) electrons. The molecular weight excluding hydrogens is 1210 g/mol. The number of unbranched alkanes of at least 4 members (excludes halogenated alkanes) is 45. The van der Waals surface area contributed by atoms with E-state index in [0.29, 0.717) is 25.7 Å². The second kappa shape index (κ2) is 66.3. The van der Waals surface area contributed by atoms with Crippen molar-refractivity contribution in [2.24, 2.45) is 5.92 Å². The number of hydrogen-bond acceptors (Lipinski definition) is 15. The summed E-state index contributed by atoms with van der Waals surface area (Å²) in [6.45, 7) is 7.25. The monoisotopic (exact) mass is 1350 g/mol. The van der Waals surface area contributed by atoms with Gasteiger partial charge in [0, 0.05) is 25.7 Å². The molecule has 92 heavy (non-hydrogen) atoms. The summed E-state index contributed by atoms with van der Waals surface area (Å²) >= 11 is 0. The van der Waals surface area contributed by atoms with Gasteiger partial charge in [0.25, 0.3) is 0 Å². The number of aliphatic hydroxyl groups is 1. The molecule has 0 aromatic rings. The molecule has 0 saturated carbocycles. The first kappa shape index (κ1) is 90.1. The molecule has 0 aliphatic heterocycles. The fourth-order valence-corrected chi connectivity index (χ4v) is 12.8. The van der Waals surface area contributed by atoms with Gasteiger partial charge >= 0.3 is 39.5 Å². The molecule has 0 fully saturated rings. The van der Waals surface area contributed by atoms with Gasteiger partial charge in [0.2, 0.25) is 0 Å². The van der Waals surface area contributed by atoms with E-state index in [1.807, 2.05) is 0 Å². The SMILES string of the molecule is CCCCCCCCCCCCCCCCCCC(=O)O[C@H](COC(=O)CCCCCCCCCCCCCCCC)COP(=O)(O)OC[C@@H](O)COP(=O)(O)OC[C@@H](COC(=O)CCCCCCCCCCCC)OC(=O)CCCCCCCCCCCC(C)C. The van der Waals surface area contributed by atoms with Gasteiger partial charge in [-0.1, -0.05) is 330 Å². The Labute approximate surface area is 562 Å². The molecule has 2 unspecified atom stereocenters. The van der Waals surface area contributed by atoms with Crippen molar-refractivity contribution in [2.45, 2.75) is 400 Å². The summed E-state index contributed by atoms with van der Waals surface area (Å²) in [6.07, 6.45) is 54.0. The minimum absolute atomic E-state index is 0.106. The average Bonchev–Trinajstić information content (AvgIpc) is 1.82. The normalized spacial score (nSPS) is 14.0. The van der Waals surface area contributed by atoms with Gasteiger partial charge in [-0.05, 0) is 31.6 Å². The van der Waals surface area contributed by atoms with Crippen molar-refractivity contribution in [3.05, 3.63) is 0 Å². The van der Waals surface area contributed by atoms with Crippen molar-refractivity contribution in [1.29, 1.82) is 0 Å². The first-order valence-corrected chi connectivity index (χ1v) is 41.1. The highest BCUT2D eigenvalue weighted by molar-refractivity contribution is 7.47. The Bertz CT molecular complexity index is 1770. The minimum atomic E-state index is -4.95. The van der Waals surface area contributed by atoms with E-state index in [1.54, 1.807) is 0 Å². The van der Waals surface area contributed by atoms with Crippen LogP contribution in [0.5, 0.6) is 0 Å². The molecule has 0 saturated heterocycles. The Kier molecular flexibility index (Phi) is 64.9. The van der Waals surface area contributed by atoms with Crippen LogP contribution >= 0.6 is 15.6 Å². The zero-order valence-corrected chi connectivity index (χ0v) is 61.5. The summed E-state index contributed by atoms with van der Waals surface area (Å²) in [7, 11) is -9.90. The number of hydrogen-bond donors (Lipinski definition) is 3. The van der Waals surface area contributed by atoms with Crippen molar-refractivity contribution in [3.63, 3.8) is 0 Å². The van der Waals surface area contributed by atoms with Crippen LogP contribution in [0.1, 0.15) is 381 Å². The summed E-state index contributed by atoms with van der Waals surface area (Å²) in [4.78, 5) is 72.7. The molecule has 0 aliphatic rings. The maximum absolute atomic E-state index is 13.1. The van der Waals surface area contributed by atoms with Crippen LogP contribution in [0.2, 0.25) is 0 Å². The second-order valence-corrected chi connectivity index (χ2v) is 29.7. The quantitative estimate of drug-likeness (QED) is 0.0222. The molecule has 3 N–H and O–H groups in total. The fourth-order valence-electron chi connectivity index (χ4n) is 11.2. The van der Waals surface area contributed by atoms with Gasteiger partial charge in [0.05, 0.1) is 26.4 Å². The first-order valence-electron chi connectivity index (χ1n) is 38.1. The molecule has 5 atom stereocenters. The summed E-state index contributed by atoms with van der Waals surface area (Å²) in [5.74, 6) is -1.38. The van der Waals surface area contributed by atoms with Crippen LogP contribution in [0.3, 0.4) is 0 Å². The fraction of sp³-hybridized carbons (Fsp3) is 0.945. The third kappa shape index (κ3) is 66.7. The second-order valence-electron chi connectivity index (χ2n) is 26.8. The lowest BCUT2D eigenvalue weighted by Crippen LogP contribution is -2.30. The number of esters is 4. The van der Waals surface area contributed by atoms with Crippen LogP contribution < -0.4 is 0 Å². The van der Waals surface area contributed by atoms with Gasteiger partial charge in [-0.25, -0.2) is 9.13 Å². The third-order valence-electron chi connectivity index (χ3n) is 17.0. The topological polar surface area (TPSA) is 237 Å². The molecule has 0 spiro atoms. The molecule has 0 bridgehead atoms.